The first-order valence-corrected chi connectivity index (χ1v) is 7.67. The lowest BCUT2D eigenvalue weighted by atomic mass is 10.0. The Bertz CT molecular complexity index is 668. The number of carbonyl (C=O) groups excluding carboxylic acids is 2. The second-order valence-electron chi connectivity index (χ2n) is 6.20. The molecule has 2 amide bonds. The number of likely N-dealkylation sites (N-methyl/N-ethyl adjacent to an activating group) is 1. The molecule has 1 aromatic rings. The van der Waals surface area contributed by atoms with Crippen LogP contribution in [0.25, 0.3) is 0 Å². The van der Waals surface area contributed by atoms with Gasteiger partial charge in [0.05, 0.1) is 13.2 Å². The molecular formula is C16H23N3O4. The first kappa shape index (κ1) is 17.2. The van der Waals surface area contributed by atoms with Gasteiger partial charge in [0.1, 0.15) is 5.56 Å². The molecule has 2 N–H and O–H groups in total. The average molecular weight is 321 g/mol. The van der Waals surface area contributed by atoms with E-state index >= 15 is 0 Å². The molecule has 1 atom stereocenters. The summed E-state index contributed by atoms with van der Waals surface area (Å²) in [7, 11) is 1.52. The Kier molecular flexibility index (Phi) is 4.89. The molecule has 1 aliphatic rings. The van der Waals surface area contributed by atoms with Crippen LogP contribution in [-0.4, -0.2) is 54.0 Å². The van der Waals surface area contributed by atoms with E-state index in [1.165, 1.54) is 11.9 Å². The van der Waals surface area contributed by atoms with Crippen LogP contribution in [-0.2, 0) is 9.53 Å². The molecule has 1 fully saturated rings. The number of hydrogen-bond donors (Lipinski definition) is 2. The Morgan fingerprint density at radius 3 is 2.65 bits per heavy atom. The molecular weight excluding hydrogens is 298 g/mol. The van der Waals surface area contributed by atoms with Crippen LogP contribution >= 0.6 is 0 Å². The van der Waals surface area contributed by atoms with Crippen LogP contribution in [0.3, 0.4) is 0 Å². The number of rotatable bonds is 3. The van der Waals surface area contributed by atoms with Crippen LogP contribution in [0.4, 0.5) is 0 Å². The minimum Gasteiger partial charge on any atom is -0.362 e. The van der Waals surface area contributed by atoms with Gasteiger partial charge in [0.15, 0.2) is 5.60 Å². The molecule has 0 bridgehead atoms. The van der Waals surface area contributed by atoms with E-state index in [-0.39, 0.29) is 36.4 Å². The molecule has 126 valence electrons. The van der Waals surface area contributed by atoms with E-state index in [0.29, 0.717) is 6.54 Å². The van der Waals surface area contributed by atoms with E-state index < -0.39 is 11.2 Å². The summed E-state index contributed by atoms with van der Waals surface area (Å²) in [6, 6.07) is 3.29. The van der Waals surface area contributed by atoms with E-state index in [4.69, 9.17) is 4.74 Å². The number of aromatic nitrogens is 1. The van der Waals surface area contributed by atoms with Gasteiger partial charge in [-0.3, -0.25) is 14.4 Å². The number of nitrogens with zero attached hydrogens (tertiary/aromatic N) is 1. The molecule has 0 radical (unpaired) electrons. The first-order chi connectivity index (χ1) is 10.8. The summed E-state index contributed by atoms with van der Waals surface area (Å²) < 4.78 is 5.52. The van der Waals surface area contributed by atoms with Crippen molar-refractivity contribution in [3.05, 3.63) is 33.7 Å². The predicted octanol–water partition coefficient (Wildman–Crippen LogP) is 0.475. The van der Waals surface area contributed by atoms with Gasteiger partial charge < -0.3 is 19.9 Å². The molecule has 1 saturated heterocycles. The standard InChI is InChI=1S/C16H23N3O4/c1-10(2)12-6-5-11(13(20)18-12)14(21)19-7-8-23-16(3,9-19)15(22)17-4/h5-6,10H,7-9H2,1-4H3,(H,17,22)(H,18,20)/t16-/m0/s1. The van der Waals surface area contributed by atoms with Gasteiger partial charge in [0.25, 0.3) is 17.4 Å². The summed E-state index contributed by atoms with van der Waals surface area (Å²) in [5.41, 5.74) is -0.651. The third-order valence-corrected chi connectivity index (χ3v) is 4.05. The fourth-order valence-electron chi connectivity index (χ4n) is 2.61. The molecule has 7 heteroatoms. The number of hydrogen-bond acceptors (Lipinski definition) is 4. The monoisotopic (exact) mass is 321 g/mol. The van der Waals surface area contributed by atoms with Crippen molar-refractivity contribution in [1.29, 1.82) is 0 Å². The lowest BCUT2D eigenvalue weighted by Crippen LogP contribution is -2.59. The smallest absolute Gasteiger partial charge is 0.261 e. The van der Waals surface area contributed by atoms with Crippen LogP contribution in [0.15, 0.2) is 16.9 Å². The van der Waals surface area contributed by atoms with E-state index in [0.717, 1.165) is 5.69 Å². The van der Waals surface area contributed by atoms with Crippen molar-refractivity contribution in [3.8, 4) is 0 Å². The highest BCUT2D eigenvalue weighted by molar-refractivity contribution is 5.95. The van der Waals surface area contributed by atoms with Gasteiger partial charge in [-0.1, -0.05) is 13.8 Å². The molecule has 0 aliphatic carbocycles. The van der Waals surface area contributed by atoms with E-state index in [1.807, 2.05) is 13.8 Å². The van der Waals surface area contributed by atoms with Gasteiger partial charge in [-0.15, -0.1) is 0 Å². The van der Waals surface area contributed by atoms with Gasteiger partial charge in [-0.2, -0.15) is 0 Å². The van der Waals surface area contributed by atoms with Crippen LogP contribution in [0.1, 0.15) is 42.7 Å². The maximum Gasteiger partial charge on any atom is 0.261 e. The summed E-state index contributed by atoms with van der Waals surface area (Å²) in [5.74, 6) is -0.508. The van der Waals surface area contributed by atoms with Crippen molar-refractivity contribution in [1.82, 2.24) is 15.2 Å². The Balaban J connectivity index is 2.23. The zero-order chi connectivity index (χ0) is 17.2. The van der Waals surface area contributed by atoms with Crippen molar-refractivity contribution in [2.24, 2.45) is 0 Å². The van der Waals surface area contributed by atoms with Gasteiger partial charge in [0, 0.05) is 19.3 Å². The molecule has 2 heterocycles. The zero-order valence-corrected chi connectivity index (χ0v) is 13.9. The lowest BCUT2D eigenvalue weighted by molar-refractivity contribution is -0.153. The highest BCUT2D eigenvalue weighted by atomic mass is 16.5. The Morgan fingerprint density at radius 1 is 1.39 bits per heavy atom. The van der Waals surface area contributed by atoms with E-state index in [9.17, 15) is 14.4 Å². The molecule has 0 spiro atoms. The first-order valence-electron chi connectivity index (χ1n) is 7.67. The van der Waals surface area contributed by atoms with E-state index in [2.05, 4.69) is 10.3 Å². The number of aromatic amines is 1. The van der Waals surface area contributed by atoms with Gasteiger partial charge >= 0.3 is 0 Å². The van der Waals surface area contributed by atoms with Gasteiger partial charge in [-0.05, 0) is 25.0 Å². The SMILES string of the molecule is CNC(=O)[C@]1(C)CN(C(=O)c2ccc(C(C)C)[nH]c2=O)CCO1. The number of morpholine rings is 1. The third-order valence-electron chi connectivity index (χ3n) is 4.05. The van der Waals surface area contributed by atoms with Crippen molar-refractivity contribution in [2.75, 3.05) is 26.7 Å². The van der Waals surface area contributed by atoms with Crippen LogP contribution < -0.4 is 10.9 Å². The average Bonchev–Trinajstić information content (AvgIpc) is 2.53. The summed E-state index contributed by atoms with van der Waals surface area (Å²) >= 11 is 0. The van der Waals surface area contributed by atoms with Crippen molar-refractivity contribution < 1.29 is 14.3 Å². The fourth-order valence-corrected chi connectivity index (χ4v) is 2.61. The van der Waals surface area contributed by atoms with Crippen molar-refractivity contribution in [2.45, 2.75) is 32.3 Å². The van der Waals surface area contributed by atoms with Crippen molar-refractivity contribution in [3.63, 3.8) is 0 Å². The molecule has 1 aliphatic heterocycles. The molecule has 23 heavy (non-hydrogen) atoms. The second-order valence-corrected chi connectivity index (χ2v) is 6.20. The molecule has 2 rings (SSSR count). The minimum absolute atomic E-state index is 0.0792. The number of ether oxygens (including phenoxy) is 1. The fraction of sp³-hybridized carbons (Fsp3) is 0.562. The number of nitrogens with one attached hydrogen (secondary N) is 2. The number of pyridine rings is 1. The quantitative estimate of drug-likeness (QED) is 0.847. The highest BCUT2D eigenvalue weighted by Gasteiger charge is 2.40. The van der Waals surface area contributed by atoms with Crippen molar-refractivity contribution >= 4 is 11.8 Å². The molecule has 1 aromatic heterocycles. The molecule has 7 nitrogen and oxygen atoms in total. The topological polar surface area (TPSA) is 91.5 Å². The van der Waals surface area contributed by atoms with Crippen LogP contribution in [0.2, 0.25) is 0 Å². The minimum atomic E-state index is -1.10. The maximum absolute atomic E-state index is 12.6. The van der Waals surface area contributed by atoms with Crippen LogP contribution in [0, 0.1) is 0 Å². The normalized spacial score (nSPS) is 21.3. The van der Waals surface area contributed by atoms with Gasteiger partial charge in [-0.25, -0.2) is 0 Å². The third kappa shape index (κ3) is 3.44. The number of carbonyl (C=O) groups is 2. The van der Waals surface area contributed by atoms with Crippen LogP contribution in [0.5, 0.6) is 0 Å². The van der Waals surface area contributed by atoms with Gasteiger partial charge in [0.2, 0.25) is 0 Å². The Labute approximate surface area is 135 Å². The second kappa shape index (κ2) is 6.54. The summed E-state index contributed by atoms with van der Waals surface area (Å²) in [6.07, 6.45) is 0. The Morgan fingerprint density at radius 2 is 2.09 bits per heavy atom. The predicted molar refractivity (Wildman–Crippen MR) is 85.5 cm³/mol. The Hall–Kier alpha value is -2.15. The lowest BCUT2D eigenvalue weighted by Gasteiger charge is -2.38. The molecule has 0 unspecified atom stereocenters. The zero-order valence-electron chi connectivity index (χ0n) is 13.9. The largest absolute Gasteiger partial charge is 0.362 e. The molecule has 0 aromatic carbocycles. The summed E-state index contributed by atoms with van der Waals surface area (Å²) in [5, 5.41) is 2.54. The number of amides is 2. The highest BCUT2D eigenvalue weighted by Crippen LogP contribution is 2.19. The summed E-state index contributed by atoms with van der Waals surface area (Å²) in [6.45, 7) is 6.26. The number of H-pyrrole nitrogens is 1. The van der Waals surface area contributed by atoms with E-state index in [1.54, 1.807) is 19.1 Å². The molecule has 0 saturated carbocycles. The maximum atomic E-state index is 12.6. The summed E-state index contributed by atoms with van der Waals surface area (Å²) in [4.78, 5) is 40.9.